The first-order valence-electron chi connectivity index (χ1n) is 6.37. The van der Waals surface area contributed by atoms with Crippen molar-refractivity contribution in [3.63, 3.8) is 0 Å². The monoisotopic (exact) mass is 320 g/mol. The van der Waals surface area contributed by atoms with Gasteiger partial charge in [-0.25, -0.2) is 17.9 Å². The van der Waals surface area contributed by atoms with E-state index in [1.54, 1.807) is 0 Å². The normalized spacial score (nSPS) is 11.3. The molecule has 0 heterocycles. The molecular weight excluding hydrogens is 303 g/mol. The Kier molecular flexibility index (Phi) is 6.50. The third-order valence-corrected chi connectivity index (χ3v) is 3.56. The van der Waals surface area contributed by atoms with Crippen molar-refractivity contribution in [1.29, 1.82) is 0 Å². The summed E-state index contributed by atoms with van der Waals surface area (Å²) in [6.45, 7) is 0.254. The Morgan fingerprint density at radius 3 is 2.48 bits per heavy atom. The molecule has 0 aromatic heterocycles. The molecule has 0 aliphatic carbocycles. The molecule has 0 atom stereocenters. The Morgan fingerprint density at radius 1 is 1.24 bits per heavy atom. The summed E-state index contributed by atoms with van der Waals surface area (Å²) >= 11 is 0. The number of primary sulfonamides is 1. The molecule has 0 aliphatic heterocycles. The molecule has 1 rings (SSSR count). The fourth-order valence-corrected chi connectivity index (χ4v) is 2.27. The summed E-state index contributed by atoms with van der Waals surface area (Å²) in [7, 11) is -3.41. The maximum Gasteiger partial charge on any atom is 0.272 e. The zero-order chi connectivity index (χ0) is 15.9. The van der Waals surface area contributed by atoms with Gasteiger partial charge in [-0.1, -0.05) is 12.8 Å². The number of hydrogen-bond donors (Lipinski definition) is 1. The first kappa shape index (κ1) is 17.3. The standard InChI is InChI=1S/C12H17FN2O5S/c13-11-9-10(15(16)17)5-6-12(11)20-7-3-1-2-4-8-21(14,18)19/h5-6,9H,1-4,7-8H2,(H2,14,18,19). The van der Waals surface area contributed by atoms with Gasteiger partial charge < -0.3 is 4.74 Å². The number of nitrogens with two attached hydrogens (primary N) is 1. The molecule has 118 valence electrons. The van der Waals surface area contributed by atoms with E-state index in [4.69, 9.17) is 9.88 Å². The lowest BCUT2D eigenvalue weighted by Crippen LogP contribution is -2.16. The minimum Gasteiger partial charge on any atom is -0.491 e. The Morgan fingerprint density at radius 2 is 1.90 bits per heavy atom. The Bertz CT molecular complexity index is 591. The molecule has 0 bridgehead atoms. The highest BCUT2D eigenvalue weighted by molar-refractivity contribution is 7.89. The number of rotatable bonds is 9. The van der Waals surface area contributed by atoms with Gasteiger partial charge in [0.2, 0.25) is 10.0 Å². The summed E-state index contributed by atoms with van der Waals surface area (Å²) in [5.74, 6) is -0.867. The fourth-order valence-electron chi connectivity index (χ4n) is 1.66. The van der Waals surface area contributed by atoms with Crippen LogP contribution in [0.15, 0.2) is 18.2 Å². The van der Waals surface area contributed by atoms with Crippen LogP contribution in [-0.2, 0) is 10.0 Å². The van der Waals surface area contributed by atoms with Crippen LogP contribution in [0.25, 0.3) is 0 Å². The van der Waals surface area contributed by atoms with Crippen molar-refractivity contribution in [2.45, 2.75) is 25.7 Å². The van der Waals surface area contributed by atoms with Gasteiger partial charge in [-0.05, 0) is 18.9 Å². The molecular formula is C12H17FN2O5S. The van der Waals surface area contributed by atoms with Crippen molar-refractivity contribution in [1.82, 2.24) is 0 Å². The van der Waals surface area contributed by atoms with E-state index in [0.717, 1.165) is 12.5 Å². The van der Waals surface area contributed by atoms with Crippen LogP contribution in [-0.4, -0.2) is 25.7 Å². The van der Waals surface area contributed by atoms with Gasteiger partial charge >= 0.3 is 0 Å². The van der Waals surface area contributed by atoms with Gasteiger partial charge in [-0.2, -0.15) is 0 Å². The number of benzene rings is 1. The predicted octanol–water partition coefficient (Wildman–Crippen LogP) is 1.96. The lowest BCUT2D eigenvalue weighted by Gasteiger charge is -2.06. The van der Waals surface area contributed by atoms with E-state index < -0.39 is 20.8 Å². The molecule has 0 radical (unpaired) electrons. The number of non-ortho nitro benzene ring substituents is 1. The molecule has 0 amide bonds. The lowest BCUT2D eigenvalue weighted by molar-refractivity contribution is -0.385. The second-order valence-corrected chi connectivity index (χ2v) is 6.24. The molecule has 0 fully saturated rings. The van der Waals surface area contributed by atoms with Crippen molar-refractivity contribution in [3.8, 4) is 5.75 Å². The lowest BCUT2D eigenvalue weighted by atomic mass is 10.2. The maximum atomic E-state index is 13.5. The van der Waals surface area contributed by atoms with Crippen LogP contribution < -0.4 is 9.88 Å². The van der Waals surface area contributed by atoms with Gasteiger partial charge in [0.15, 0.2) is 11.6 Å². The van der Waals surface area contributed by atoms with Gasteiger partial charge in [0.25, 0.3) is 5.69 Å². The average molecular weight is 320 g/mol. The molecule has 0 saturated carbocycles. The van der Waals surface area contributed by atoms with Crippen molar-refractivity contribution in [3.05, 3.63) is 34.1 Å². The van der Waals surface area contributed by atoms with Crippen molar-refractivity contribution >= 4 is 15.7 Å². The van der Waals surface area contributed by atoms with E-state index in [2.05, 4.69) is 0 Å². The quantitative estimate of drug-likeness (QED) is 0.424. The summed E-state index contributed by atoms with van der Waals surface area (Å²) in [5.41, 5.74) is -0.331. The van der Waals surface area contributed by atoms with Crippen LogP contribution in [0.4, 0.5) is 10.1 Å². The minimum absolute atomic E-state index is 0.0369. The summed E-state index contributed by atoms with van der Waals surface area (Å²) in [6, 6.07) is 3.19. The molecule has 0 saturated heterocycles. The van der Waals surface area contributed by atoms with Crippen LogP contribution in [0.2, 0.25) is 0 Å². The van der Waals surface area contributed by atoms with Gasteiger partial charge in [-0.3, -0.25) is 10.1 Å². The van der Waals surface area contributed by atoms with E-state index in [9.17, 15) is 22.9 Å². The van der Waals surface area contributed by atoms with E-state index >= 15 is 0 Å². The molecule has 2 N–H and O–H groups in total. The van der Waals surface area contributed by atoms with Crippen molar-refractivity contribution < 1.29 is 22.5 Å². The number of nitro groups is 1. The van der Waals surface area contributed by atoms with Gasteiger partial charge in [-0.15, -0.1) is 0 Å². The number of unbranched alkanes of at least 4 members (excludes halogenated alkanes) is 3. The zero-order valence-corrected chi connectivity index (χ0v) is 12.1. The molecule has 21 heavy (non-hydrogen) atoms. The molecule has 1 aromatic rings. The van der Waals surface area contributed by atoms with E-state index in [-0.39, 0.29) is 23.8 Å². The van der Waals surface area contributed by atoms with Gasteiger partial charge in [0.1, 0.15) is 0 Å². The molecule has 7 nitrogen and oxygen atoms in total. The fraction of sp³-hybridized carbons (Fsp3) is 0.500. The van der Waals surface area contributed by atoms with E-state index in [1.807, 2.05) is 0 Å². The largest absolute Gasteiger partial charge is 0.491 e. The molecule has 1 aromatic carbocycles. The second kappa shape index (κ2) is 7.89. The predicted molar refractivity (Wildman–Crippen MR) is 75.0 cm³/mol. The number of nitro benzene ring substituents is 1. The summed E-state index contributed by atoms with van der Waals surface area (Å²) in [6.07, 6.45) is 2.51. The highest BCUT2D eigenvalue weighted by atomic mass is 32.2. The summed E-state index contributed by atoms with van der Waals surface area (Å²) < 4.78 is 40.0. The molecule has 0 spiro atoms. The van der Waals surface area contributed by atoms with Crippen molar-refractivity contribution in [2.24, 2.45) is 5.14 Å². The highest BCUT2D eigenvalue weighted by Gasteiger charge is 2.11. The highest BCUT2D eigenvalue weighted by Crippen LogP contribution is 2.22. The van der Waals surface area contributed by atoms with Gasteiger partial charge in [0.05, 0.1) is 23.3 Å². The number of nitrogens with zero attached hydrogens (tertiary/aromatic N) is 1. The number of sulfonamides is 1. The van der Waals surface area contributed by atoms with Crippen LogP contribution in [0.5, 0.6) is 5.75 Å². The summed E-state index contributed by atoms with van der Waals surface area (Å²) in [5, 5.41) is 15.3. The minimum atomic E-state index is -3.41. The number of halogens is 1. The Hall–Kier alpha value is -1.74. The molecule has 0 unspecified atom stereocenters. The Balaban J connectivity index is 2.26. The average Bonchev–Trinajstić information content (AvgIpc) is 2.37. The molecule has 0 aliphatic rings. The van der Waals surface area contributed by atoms with Crippen LogP contribution in [0.3, 0.4) is 0 Å². The van der Waals surface area contributed by atoms with E-state index in [0.29, 0.717) is 19.3 Å². The second-order valence-electron chi connectivity index (χ2n) is 4.50. The molecule has 9 heteroatoms. The van der Waals surface area contributed by atoms with Crippen molar-refractivity contribution in [2.75, 3.05) is 12.4 Å². The van der Waals surface area contributed by atoms with E-state index in [1.165, 1.54) is 12.1 Å². The van der Waals surface area contributed by atoms with Gasteiger partial charge in [0, 0.05) is 6.07 Å². The first-order valence-corrected chi connectivity index (χ1v) is 8.08. The maximum absolute atomic E-state index is 13.5. The van der Waals surface area contributed by atoms with Crippen LogP contribution in [0.1, 0.15) is 25.7 Å². The van der Waals surface area contributed by atoms with Crippen LogP contribution >= 0.6 is 0 Å². The topological polar surface area (TPSA) is 113 Å². The Labute approximate surface area is 122 Å². The smallest absolute Gasteiger partial charge is 0.272 e. The third kappa shape index (κ3) is 7.00. The van der Waals surface area contributed by atoms with Crippen LogP contribution in [0, 0.1) is 15.9 Å². The number of hydrogen-bond acceptors (Lipinski definition) is 5. The summed E-state index contributed by atoms with van der Waals surface area (Å²) in [4.78, 5) is 9.76. The SMILES string of the molecule is NS(=O)(=O)CCCCCCOc1ccc([N+](=O)[O-])cc1F. The first-order chi connectivity index (χ1) is 9.79. The zero-order valence-electron chi connectivity index (χ0n) is 11.3. The number of ether oxygens (including phenoxy) is 1. The third-order valence-electron chi connectivity index (χ3n) is 2.71.